The first-order chi connectivity index (χ1) is 15.5. The Morgan fingerprint density at radius 3 is 2.33 bits per heavy atom. The average Bonchev–Trinajstić information content (AvgIpc) is 3.32. The second kappa shape index (κ2) is 9.64. The van der Waals surface area contributed by atoms with Crippen LogP contribution in [0.5, 0.6) is 0 Å². The van der Waals surface area contributed by atoms with Gasteiger partial charge in [0.15, 0.2) is 12.4 Å². The van der Waals surface area contributed by atoms with E-state index >= 15 is 0 Å². The molecule has 1 aliphatic heterocycles. The van der Waals surface area contributed by atoms with Gasteiger partial charge < -0.3 is 24.3 Å². The zero-order chi connectivity index (χ0) is 24.3. The maximum atomic E-state index is 12.6. The first-order valence-electron chi connectivity index (χ1n) is 9.62. The molecule has 0 bridgehead atoms. The van der Waals surface area contributed by atoms with E-state index in [4.69, 9.17) is 18.4 Å². The van der Waals surface area contributed by atoms with E-state index in [1.165, 1.54) is 12.1 Å². The van der Waals surface area contributed by atoms with Gasteiger partial charge in [0.2, 0.25) is 12.3 Å². The number of carbonyl (C=O) groups is 2. The van der Waals surface area contributed by atoms with Gasteiger partial charge in [0.25, 0.3) is 10.1 Å². The number of ether oxygens (including phenoxy) is 3. The van der Waals surface area contributed by atoms with Crippen LogP contribution in [0.3, 0.4) is 0 Å². The summed E-state index contributed by atoms with van der Waals surface area (Å²) in [6.45, 7) is 3.36. The molecule has 0 spiro atoms. The Morgan fingerprint density at radius 2 is 1.76 bits per heavy atom. The predicted molar refractivity (Wildman–Crippen MR) is 108 cm³/mol. The van der Waals surface area contributed by atoms with Crippen molar-refractivity contribution < 1.29 is 41.3 Å². The summed E-state index contributed by atoms with van der Waals surface area (Å²) in [6.07, 6.45) is -3.19. The molecule has 1 aromatic carbocycles. The minimum atomic E-state index is -4.21. The fraction of sp³-hybridized carbons (Fsp3) is 0.421. The van der Waals surface area contributed by atoms with Crippen LogP contribution in [0.4, 0.5) is 5.82 Å². The first-order valence-corrected chi connectivity index (χ1v) is 11.0. The van der Waals surface area contributed by atoms with E-state index in [9.17, 15) is 28.1 Å². The molecule has 1 aliphatic rings. The SMILES string of the molecule is CC(=O)OC1C(COS(=O)(=O)c2ccc(C)cc2)OC(n2cncc2[N+](=O)[O-])C1OC(C)=O. The van der Waals surface area contributed by atoms with Gasteiger partial charge in [-0.25, -0.2) is 4.98 Å². The number of rotatable bonds is 8. The minimum Gasteiger partial charge on any atom is -0.455 e. The van der Waals surface area contributed by atoms with Crippen molar-refractivity contribution in [1.29, 1.82) is 0 Å². The maximum Gasteiger partial charge on any atom is 0.344 e. The molecular formula is C19H21N3O10S. The zero-order valence-corrected chi connectivity index (χ0v) is 18.6. The predicted octanol–water partition coefficient (Wildman–Crippen LogP) is 1.27. The summed E-state index contributed by atoms with van der Waals surface area (Å²) >= 11 is 0. The zero-order valence-electron chi connectivity index (χ0n) is 17.8. The topological polar surface area (TPSA) is 166 Å². The van der Waals surface area contributed by atoms with E-state index in [1.54, 1.807) is 19.1 Å². The van der Waals surface area contributed by atoms with Crippen molar-refractivity contribution in [2.24, 2.45) is 0 Å². The van der Waals surface area contributed by atoms with Crippen molar-refractivity contribution in [3.63, 3.8) is 0 Å². The second-order valence-electron chi connectivity index (χ2n) is 7.18. The normalized spacial score (nSPS) is 22.6. The Balaban J connectivity index is 1.91. The van der Waals surface area contributed by atoms with Crippen LogP contribution in [-0.4, -0.2) is 59.7 Å². The van der Waals surface area contributed by atoms with Crippen LogP contribution in [0.15, 0.2) is 41.7 Å². The van der Waals surface area contributed by atoms with Crippen LogP contribution in [0, 0.1) is 17.0 Å². The minimum absolute atomic E-state index is 0.103. The molecule has 2 aromatic rings. The number of aryl methyl sites for hydroxylation is 1. The average molecular weight is 483 g/mol. The second-order valence-corrected chi connectivity index (χ2v) is 8.80. The van der Waals surface area contributed by atoms with Crippen molar-refractivity contribution in [1.82, 2.24) is 9.55 Å². The number of hydrogen-bond donors (Lipinski definition) is 0. The van der Waals surface area contributed by atoms with E-state index in [2.05, 4.69) is 4.98 Å². The molecule has 178 valence electrons. The molecule has 4 unspecified atom stereocenters. The molecule has 0 saturated carbocycles. The lowest BCUT2D eigenvalue weighted by Gasteiger charge is -2.22. The molecule has 1 fully saturated rings. The molecule has 1 aromatic heterocycles. The molecule has 1 saturated heterocycles. The van der Waals surface area contributed by atoms with E-state index in [0.29, 0.717) is 0 Å². The van der Waals surface area contributed by atoms with Crippen molar-refractivity contribution in [2.75, 3.05) is 6.61 Å². The summed E-state index contributed by atoms with van der Waals surface area (Å²) in [7, 11) is -4.21. The van der Waals surface area contributed by atoms with Crippen LogP contribution in [0.25, 0.3) is 0 Å². The van der Waals surface area contributed by atoms with Gasteiger partial charge in [-0.05, 0) is 24.0 Å². The number of carbonyl (C=O) groups excluding carboxylic acids is 2. The van der Waals surface area contributed by atoms with Gasteiger partial charge in [0.05, 0.1) is 11.5 Å². The Hall–Kier alpha value is -3.36. The van der Waals surface area contributed by atoms with Crippen molar-refractivity contribution in [3.8, 4) is 0 Å². The van der Waals surface area contributed by atoms with Gasteiger partial charge in [-0.3, -0.25) is 13.8 Å². The third-order valence-corrected chi connectivity index (χ3v) is 5.99. The summed E-state index contributed by atoms with van der Waals surface area (Å²) in [5.41, 5.74) is 0.844. The summed E-state index contributed by atoms with van der Waals surface area (Å²) in [5, 5.41) is 11.3. The number of nitrogens with zero attached hydrogens (tertiary/aromatic N) is 3. The van der Waals surface area contributed by atoms with Crippen LogP contribution >= 0.6 is 0 Å². The highest BCUT2D eigenvalue weighted by molar-refractivity contribution is 7.86. The Kier molecular flexibility index (Phi) is 7.09. The lowest BCUT2D eigenvalue weighted by molar-refractivity contribution is -0.394. The van der Waals surface area contributed by atoms with Crippen molar-refractivity contribution in [2.45, 2.75) is 50.2 Å². The quantitative estimate of drug-likeness (QED) is 0.229. The highest BCUT2D eigenvalue weighted by Gasteiger charge is 2.53. The highest BCUT2D eigenvalue weighted by Crippen LogP contribution is 2.36. The molecule has 0 radical (unpaired) electrons. The van der Waals surface area contributed by atoms with Crippen LogP contribution in [0.2, 0.25) is 0 Å². The third-order valence-electron chi connectivity index (χ3n) is 4.69. The van der Waals surface area contributed by atoms with E-state index in [-0.39, 0.29) is 4.90 Å². The van der Waals surface area contributed by atoms with E-state index in [0.717, 1.165) is 36.5 Å². The number of imidazole rings is 1. The molecule has 0 aliphatic carbocycles. The van der Waals surface area contributed by atoms with Gasteiger partial charge in [0, 0.05) is 13.8 Å². The van der Waals surface area contributed by atoms with Gasteiger partial charge in [0.1, 0.15) is 12.3 Å². The molecule has 2 heterocycles. The van der Waals surface area contributed by atoms with Gasteiger partial charge in [-0.1, -0.05) is 17.7 Å². The molecule has 0 N–H and O–H groups in total. The smallest absolute Gasteiger partial charge is 0.344 e. The molecule has 13 nitrogen and oxygen atoms in total. The van der Waals surface area contributed by atoms with Gasteiger partial charge in [-0.2, -0.15) is 13.0 Å². The number of benzene rings is 1. The molecule has 14 heteroatoms. The molecule has 4 atom stereocenters. The summed E-state index contributed by atoms with van der Waals surface area (Å²) in [6, 6.07) is 5.91. The van der Waals surface area contributed by atoms with Crippen LogP contribution < -0.4 is 0 Å². The molecule has 0 amide bonds. The van der Waals surface area contributed by atoms with E-state index < -0.39 is 63.9 Å². The highest BCUT2D eigenvalue weighted by atomic mass is 32.2. The Bertz CT molecular complexity index is 1140. The summed E-state index contributed by atoms with van der Waals surface area (Å²) in [4.78, 5) is 37.6. The van der Waals surface area contributed by atoms with Gasteiger partial charge >= 0.3 is 17.8 Å². The number of nitro groups is 1. The van der Waals surface area contributed by atoms with Crippen LogP contribution in [-0.2, 0) is 38.1 Å². The Morgan fingerprint density at radius 1 is 1.15 bits per heavy atom. The molecule has 33 heavy (non-hydrogen) atoms. The number of hydrogen-bond acceptors (Lipinski definition) is 11. The maximum absolute atomic E-state index is 12.6. The van der Waals surface area contributed by atoms with Gasteiger partial charge in [-0.15, -0.1) is 0 Å². The lowest BCUT2D eigenvalue weighted by Crippen LogP contribution is -2.40. The third kappa shape index (κ3) is 5.53. The molecular weight excluding hydrogens is 462 g/mol. The van der Waals surface area contributed by atoms with Crippen molar-refractivity contribution in [3.05, 3.63) is 52.5 Å². The largest absolute Gasteiger partial charge is 0.455 e. The number of aromatic nitrogens is 2. The number of esters is 2. The van der Waals surface area contributed by atoms with Crippen molar-refractivity contribution >= 4 is 27.9 Å². The Labute approximate surface area is 188 Å². The lowest BCUT2D eigenvalue weighted by atomic mass is 10.1. The first kappa shape index (κ1) is 24.3. The van der Waals surface area contributed by atoms with E-state index in [1.807, 2.05) is 0 Å². The molecule has 3 rings (SSSR count). The fourth-order valence-electron chi connectivity index (χ4n) is 3.28. The fourth-order valence-corrected chi connectivity index (χ4v) is 4.20. The summed E-state index contributed by atoms with van der Waals surface area (Å²) in [5.74, 6) is -2.03. The monoisotopic (exact) mass is 483 g/mol. The van der Waals surface area contributed by atoms with Crippen LogP contribution in [0.1, 0.15) is 25.6 Å². The standard InChI is InChI=1S/C19H21N3O10S/c1-11-4-6-14(7-5-11)33(27,28)29-9-15-17(30-12(2)23)18(31-13(3)24)19(32-15)21-10-20-8-16(21)22(25)26/h4-8,10,15,17-19H,9H2,1-3H3. The summed E-state index contributed by atoms with van der Waals surface area (Å²) < 4.78 is 47.4.